The fourth-order valence-corrected chi connectivity index (χ4v) is 2.12. The number of hydrogen-bond acceptors (Lipinski definition) is 4. The van der Waals surface area contributed by atoms with E-state index in [0.717, 1.165) is 5.56 Å². The molecule has 23 heavy (non-hydrogen) atoms. The average Bonchev–Trinajstić information content (AvgIpc) is 2.55. The highest BCUT2D eigenvalue weighted by atomic mass is 16.6. The molecule has 0 unspecified atom stereocenters. The molecule has 2 aromatic carbocycles. The minimum Gasteiger partial charge on any atom is -0.372 e. The Morgan fingerprint density at radius 2 is 1.87 bits per heavy atom. The fraction of sp³-hybridized carbons (Fsp3) is 0.235. The maximum absolute atomic E-state index is 11.5. The van der Waals surface area contributed by atoms with Crippen LogP contribution in [0.2, 0.25) is 0 Å². The first-order valence-electron chi connectivity index (χ1n) is 7.29. The van der Waals surface area contributed by atoms with E-state index < -0.39 is 4.92 Å². The molecular formula is C17H18N2O4. The number of nitrogens with one attached hydrogen (secondary N) is 1. The highest BCUT2D eigenvalue weighted by Crippen LogP contribution is 2.29. The van der Waals surface area contributed by atoms with Gasteiger partial charge < -0.3 is 10.1 Å². The Kier molecular flexibility index (Phi) is 5.82. The molecule has 2 rings (SSSR count). The lowest BCUT2D eigenvalue weighted by Gasteiger charge is -2.09. The van der Waals surface area contributed by atoms with Crippen LogP contribution in [-0.2, 0) is 22.7 Å². The summed E-state index contributed by atoms with van der Waals surface area (Å²) in [4.78, 5) is 22.4. The SMILES string of the molecule is CCC(=O)Nc1cccc(COCc2ccccc2)c1[N+](=O)[O-]. The third-order valence-corrected chi connectivity index (χ3v) is 3.27. The van der Waals surface area contributed by atoms with Gasteiger partial charge in [0.05, 0.1) is 23.7 Å². The quantitative estimate of drug-likeness (QED) is 0.624. The molecular weight excluding hydrogens is 296 g/mol. The molecule has 0 aliphatic heterocycles. The van der Waals surface area contributed by atoms with Crippen molar-refractivity contribution in [1.82, 2.24) is 0 Å². The normalized spacial score (nSPS) is 10.3. The summed E-state index contributed by atoms with van der Waals surface area (Å²) in [5.41, 5.74) is 1.50. The summed E-state index contributed by atoms with van der Waals surface area (Å²) in [6.07, 6.45) is 0.256. The Morgan fingerprint density at radius 1 is 1.13 bits per heavy atom. The molecule has 2 aromatic rings. The molecule has 6 nitrogen and oxygen atoms in total. The zero-order chi connectivity index (χ0) is 16.7. The summed E-state index contributed by atoms with van der Waals surface area (Å²) in [5, 5.41) is 13.9. The van der Waals surface area contributed by atoms with E-state index in [4.69, 9.17) is 4.74 Å². The van der Waals surface area contributed by atoms with E-state index in [1.165, 1.54) is 6.07 Å². The highest BCUT2D eigenvalue weighted by Gasteiger charge is 2.20. The van der Waals surface area contributed by atoms with Crippen LogP contribution in [0.25, 0.3) is 0 Å². The number of nitro groups is 1. The number of anilines is 1. The van der Waals surface area contributed by atoms with E-state index >= 15 is 0 Å². The van der Waals surface area contributed by atoms with E-state index in [1.54, 1.807) is 19.1 Å². The molecule has 1 N–H and O–H groups in total. The first kappa shape index (κ1) is 16.6. The molecule has 0 atom stereocenters. The van der Waals surface area contributed by atoms with Crippen molar-refractivity contribution in [1.29, 1.82) is 0 Å². The molecule has 0 saturated heterocycles. The minimum absolute atomic E-state index is 0.0983. The van der Waals surface area contributed by atoms with Gasteiger partial charge in [-0.25, -0.2) is 0 Å². The van der Waals surface area contributed by atoms with Crippen molar-refractivity contribution in [2.75, 3.05) is 5.32 Å². The lowest BCUT2D eigenvalue weighted by atomic mass is 10.1. The fourth-order valence-electron chi connectivity index (χ4n) is 2.12. The number of carbonyl (C=O) groups is 1. The summed E-state index contributed by atoms with van der Waals surface area (Å²) < 4.78 is 5.57. The van der Waals surface area contributed by atoms with Crippen molar-refractivity contribution in [3.8, 4) is 0 Å². The van der Waals surface area contributed by atoms with Crippen LogP contribution in [0.5, 0.6) is 0 Å². The van der Waals surface area contributed by atoms with Crippen LogP contribution in [0.4, 0.5) is 11.4 Å². The number of nitro benzene ring substituents is 1. The van der Waals surface area contributed by atoms with E-state index in [1.807, 2.05) is 30.3 Å². The van der Waals surface area contributed by atoms with E-state index in [2.05, 4.69) is 5.32 Å². The first-order chi connectivity index (χ1) is 11.1. The molecule has 120 valence electrons. The molecule has 0 aliphatic rings. The van der Waals surface area contributed by atoms with E-state index in [-0.39, 0.29) is 30.3 Å². The molecule has 0 aliphatic carbocycles. The van der Waals surface area contributed by atoms with Crippen LogP contribution in [-0.4, -0.2) is 10.8 Å². The van der Waals surface area contributed by atoms with Crippen molar-refractivity contribution in [3.05, 3.63) is 69.8 Å². The number of amides is 1. The van der Waals surface area contributed by atoms with Gasteiger partial charge in [0.2, 0.25) is 5.91 Å². The van der Waals surface area contributed by atoms with Crippen LogP contribution in [0.15, 0.2) is 48.5 Å². The van der Waals surface area contributed by atoms with Crippen LogP contribution in [0.3, 0.4) is 0 Å². The molecule has 0 radical (unpaired) electrons. The topological polar surface area (TPSA) is 81.5 Å². The van der Waals surface area contributed by atoms with Crippen molar-refractivity contribution in [2.45, 2.75) is 26.6 Å². The van der Waals surface area contributed by atoms with Gasteiger partial charge in [0.25, 0.3) is 5.69 Å². The highest BCUT2D eigenvalue weighted by molar-refractivity contribution is 5.93. The Morgan fingerprint density at radius 3 is 2.52 bits per heavy atom. The lowest BCUT2D eigenvalue weighted by molar-refractivity contribution is -0.385. The first-order valence-corrected chi connectivity index (χ1v) is 7.29. The van der Waals surface area contributed by atoms with Crippen LogP contribution in [0.1, 0.15) is 24.5 Å². The van der Waals surface area contributed by atoms with Gasteiger partial charge in [-0.15, -0.1) is 0 Å². The van der Waals surface area contributed by atoms with Crippen LogP contribution >= 0.6 is 0 Å². The Balaban J connectivity index is 2.12. The third-order valence-electron chi connectivity index (χ3n) is 3.27. The number of para-hydroxylation sites is 1. The van der Waals surface area contributed by atoms with Crippen molar-refractivity contribution in [3.63, 3.8) is 0 Å². The lowest BCUT2D eigenvalue weighted by Crippen LogP contribution is -2.12. The molecule has 0 saturated carbocycles. The second-order valence-electron chi connectivity index (χ2n) is 4.95. The zero-order valence-electron chi connectivity index (χ0n) is 12.8. The van der Waals surface area contributed by atoms with Crippen molar-refractivity contribution < 1.29 is 14.5 Å². The summed E-state index contributed by atoms with van der Waals surface area (Å²) >= 11 is 0. The van der Waals surface area contributed by atoms with Gasteiger partial charge in [0.15, 0.2) is 0 Å². The average molecular weight is 314 g/mol. The predicted molar refractivity (Wildman–Crippen MR) is 87.0 cm³/mol. The van der Waals surface area contributed by atoms with Gasteiger partial charge in [-0.1, -0.05) is 43.3 Å². The van der Waals surface area contributed by atoms with Crippen molar-refractivity contribution in [2.24, 2.45) is 0 Å². The summed E-state index contributed by atoms with van der Waals surface area (Å²) in [6, 6.07) is 14.4. The van der Waals surface area contributed by atoms with Gasteiger partial charge in [0.1, 0.15) is 5.69 Å². The summed E-state index contributed by atoms with van der Waals surface area (Å²) in [5.74, 6) is -0.268. The number of benzene rings is 2. The van der Waals surface area contributed by atoms with Gasteiger partial charge in [0, 0.05) is 6.42 Å². The van der Waals surface area contributed by atoms with E-state index in [9.17, 15) is 14.9 Å². The molecule has 0 fully saturated rings. The Labute approximate surface area is 134 Å². The zero-order valence-corrected chi connectivity index (χ0v) is 12.8. The minimum atomic E-state index is -0.494. The van der Waals surface area contributed by atoms with Crippen LogP contribution in [0, 0.1) is 10.1 Å². The second kappa shape index (κ2) is 8.05. The Hall–Kier alpha value is -2.73. The monoisotopic (exact) mass is 314 g/mol. The van der Waals surface area contributed by atoms with Crippen molar-refractivity contribution >= 4 is 17.3 Å². The number of nitrogens with zero attached hydrogens (tertiary/aromatic N) is 1. The summed E-state index contributed by atoms with van der Waals surface area (Å²) in [6.45, 7) is 2.15. The molecule has 0 aromatic heterocycles. The maximum atomic E-state index is 11.5. The van der Waals surface area contributed by atoms with E-state index in [0.29, 0.717) is 12.2 Å². The smallest absolute Gasteiger partial charge is 0.298 e. The Bertz CT molecular complexity index is 686. The van der Waals surface area contributed by atoms with Crippen LogP contribution < -0.4 is 5.32 Å². The molecule has 1 amide bonds. The van der Waals surface area contributed by atoms with Gasteiger partial charge in [-0.3, -0.25) is 14.9 Å². The molecule has 0 heterocycles. The third kappa shape index (κ3) is 4.62. The largest absolute Gasteiger partial charge is 0.372 e. The molecule has 6 heteroatoms. The number of carbonyl (C=O) groups excluding carboxylic acids is 1. The number of rotatable bonds is 7. The van der Waals surface area contributed by atoms with Gasteiger partial charge in [-0.05, 0) is 17.7 Å². The standard InChI is InChI=1S/C17H18N2O4/c1-2-16(20)18-15-10-6-9-14(17(15)19(21)22)12-23-11-13-7-4-3-5-8-13/h3-10H,2,11-12H2,1H3,(H,18,20). The predicted octanol–water partition coefficient (Wildman–Crippen LogP) is 3.66. The number of hydrogen-bond donors (Lipinski definition) is 1. The molecule has 0 bridgehead atoms. The molecule has 0 spiro atoms. The maximum Gasteiger partial charge on any atom is 0.298 e. The van der Waals surface area contributed by atoms with Gasteiger partial charge in [-0.2, -0.15) is 0 Å². The number of ether oxygens (including phenoxy) is 1. The summed E-state index contributed by atoms with van der Waals surface area (Å²) in [7, 11) is 0. The van der Waals surface area contributed by atoms with Gasteiger partial charge >= 0.3 is 0 Å². The second-order valence-corrected chi connectivity index (χ2v) is 4.95.